The highest BCUT2D eigenvalue weighted by atomic mass is 19.1. The van der Waals surface area contributed by atoms with Crippen molar-refractivity contribution in [2.75, 3.05) is 13.2 Å². The second-order valence-electron chi connectivity index (χ2n) is 5.18. The van der Waals surface area contributed by atoms with Gasteiger partial charge in [-0.1, -0.05) is 24.3 Å². The van der Waals surface area contributed by atoms with Crippen molar-refractivity contribution in [3.05, 3.63) is 59.9 Å². The molecule has 4 heteroatoms. The molecule has 1 heterocycles. The topological polar surface area (TPSA) is 30.5 Å². The minimum atomic E-state index is -0.215. The van der Waals surface area contributed by atoms with Crippen LogP contribution in [-0.4, -0.2) is 19.3 Å². The van der Waals surface area contributed by atoms with E-state index in [4.69, 9.17) is 9.47 Å². The van der Waals surface area contributed by atoms with Crippen molar-refractivity contribution in [3.63, 3.8) is 0 Å². The van der Waals surface area contributed by atoms with Gasteiger partial charge in [-0.15, -0.1) is 0 Å². The van der Waals surface area contributed by atoms with E-state index < -0.39 is 0 Å². The minimum Gasteiger partial charge on any atom is -0.486 e. The van der Waals surface area contributed by atoms with Crippen LogP contribution in [0.25, 0.3) is 0 Å². The Hall–Kier alpha value is -2.07. The highest BCUT2D eigenvalue weighted by Crippen LogP contribution is 2.30. The Bertz CT molecular complexity index is 617. The van der Waals surface area contributed by atoms with Gasteiger partial charge in [0.25, 0.3) is 0 Å². The number of benzene rings is 2. The van der Waals surface area contributed by atoms with Gasteiger partial charge in [0.1, 0.15) is 18.5 Å². The minimum absolute atomic E-state index is 0.0455. The molecule has 2 atom stereocenters. The number of fused-ring (bicyclic) bond motifs is 1. The number of halogens is 1. The summed E-state index contributed by atoms with van der Waals surface area (Å²) in [6.07, 6.45) is -0.0455. The summed E-state index contributed by atoms with van der Waals surface area (Å²) in [7, 11) is 0. The molecule has 3 nitrogen and oxygen atoms in total. The fourth-order valence-electron chi connectivity index (χ4n) is 2.37. The molecule has 1 aliphatic rings. The van der Waals surface area contributed by atoms with E-state index in [0.717, 1.165) is 17.1 Å². The smallest absolute Gasteiger partial charge is 0.161 e. The van der Waals surface area contributed by atoms with Crippen molar-refractivity contribution in [2.24, 2.45) is 0 Å². The zero-order valence-corrected chi connectivity index (χ0v) is 11.9. The molecule has 0 bridgehead atoms. The largest absolute Gasteiger partial charge is 0.486 e. The molecule has 2 unspecified atom stereocenters. The van der Waals surface area contributed by atoms with E-state index in [9.17, 15) is 4.39 Å². The van der Waals surface area contributed by atoms with Crippen LogP contribution in [0.3, 0.4) is 0 Å². The summed E-state index contributed by atoms with van der Waals surface area (Å²) in [4.78, 5) is 0. The third-order valence-electron chi connectivity index (χ3n) is 3.57. The first-order valence-electron chi connectivity index (χ1n) is 7.10. The van der Waals surface area contributed by atoms with Gasteiger partial charge in [0.05, 0.1) is 0 Å². The molecule has 3 rings (SSSR count). The summed E-state index contributed by atoms with van der Waals surface area (Å²) in [5.41, 5.74) is 0.923. The number of nitrogens with one attached hydrogen (secondary N) is 1. The van der Waals surface area contributed by atoms with Gasteiger partial charge in [0, 0.05) is 12.6 Å². The van der Waals surface area contributed by atoms with E-state index in [1.807, 2.05) is 37.3 Å². The first kappa shape index (κ1) is 13.9. The lowest BCUT2D eigenvalue weighted by atomic mass is 10.1. The molecule has 0 aliphatic carbocycles. The third-order valence-corrected chi connectivity index (χ3v) is 3.57. The summed E-state index contributed by atoms with van der Waals surface area (Å²) < 4.78 is 24.8. The predicted octanol–water partition coefficient (Wildman–Crippen LogP) is 3.32. The molecule has 2 aromatic rings. The summed E-state index contributed by atoms with van der Waals surface area (Å²) >= 11 is 0. The molecule has 2 aromatic carbocycles. The van der Waals surface area contributed by atoms with E-state index in [-0.39, 0.29) is 18.0 Å². The molecule has 0 radical (unpaired) electrons. The van der Waals surface area contributed by atoms with E-state index in [1.54, 1.807) is 12.1 Å². The fourth-order valence-corrected chi connectivity index (χ4v) is 2.37. The van der Waals surface area contributed by atoms with Gasteiger partial charge >= 0.3 is 0 Å². The summed E-state index contributed by atoms with van der Waals surface area (Å²) in [6.45, 7) is 3.16. The quantitative estimate of drug-likeness (QED) is 0.935. The van der Waals surface area contributed by atoms with Crippen molar-refractivity contribution in [1.29, 1.82) is 0 Å². The highest BCUT2D eigenvalue weighted by molar-refractivity contribution is 5.40. The first-order valence-corrected chi connectivity index (χ1v) is 7.10. The van der Waals surface area contributed by atoms with Gasteiger partial charge in [-0.3, -0.25) is 0 Å². The molecular formula is C17H18FNO2. The molecule has 0 aromatic heterocycles. The highest BCUT2D eigenvalue weighted by Gasteiger charge is 2.21. The van der Waals surface area contributed by atoms with Gasteiger partial charge in [-0.05, 0) is 36.8 Å². The summed E-state index contributed by atoms with van der Waals surface area (Å²) in [5.74, 6) is 1.34. The Morgan fingerprint density at radius 3 is 2.81 bits per heavy atom. The lowest BCUT2D eigenvalue weighted by Gasteiger charge is -2.27. The van der Waals surface area contributed by atoms with E-state index in [2.05, 4.69) is 5.32 Å². The van der Waals surface area contributed by atoms with Gasteiger partial charge in [0.2, 0.25) is 0 Å². The molecule has 0 amide bonds. The van der Waals surface area contributed by atoms with Crippen molar-refractivity contribution < 1.29 is 13.9 Å². The maximum atomic E-state index is 13.2. The normalized spacial score (nSPS) is 18.3. The van der Waals surface area contributed by atoms with Crippen LogP contribution < -0.4 is 14.8 Å². The van der Waals surface area contributed by atoms with Crippen molar-refractivity contribution in [2.45, 2.75) is 19.1 Å². The van der Waals surface area contributed by atoms with Crippen LogP contribution in [0.2, 0.25) is 0 Å². The lowest BCUT2D eigenvalue weighted by Crippen LogP contribution is -2.39. The van der Waals surface area contributed by atoms with Gasteiger partial charge < -0.3 is 14.8 Å². The molecule has 21 heavy (non-hydrogen) atoms. The Balaban J connectivity index is 1.57. The third kappa shape index (κ3) is 3.34. The zero-order valence-electron chi connectivity index (χ0n) is 11.9. The number of ether oxygens (including phenoxy) is 2. The number of hydrogen-bond acceptors (Lipinski definition) is 3. The summed E-state index contributed by atoms with van der Waals surface area (Å²) in [5, 5.41) is 3.35. The molecule has 110 valence electrons. The Kier molecular flexibility index (Phi) is 4.06. The molecule has 1 aliphatic heterocycles. The second-order valence-corrected chi connectivity index (χ2v) is 5.18. The van der Waals surface area contributed by atoms with E-state index >= 15 is 0 Å². The molecule has 1 N–H and O–H groups in total. The maximum Gasteiger partial charge on any atom is 0.161 e. The standard InChI is InChI=1S/C17H18FNO2/c1-12(13-5-4-6-14(18)9-13)19-10-15-11-20-16-7-2-3-8-17(16)21-15/h2-9,12,15,19H,10-11H2,1H3. The lowest BCUT2D eigenvalue weighted by molar-refractivity contribution is 0.0886. The molecule has 0 spiro atoms. The van der Waals surface area contributed by atoms with Gasteiger partial charge in [0.15, 0.2) is 11.5 Å². The van der Waals surface area contributed by atoms with Gasteiger partial charge in [-0.25, -0.2) is 4.39 Å². The Morgan fingerprint density at radius 2 is 2.00 bits per heavy atom. The SMILES string of the molecule is CC(NCC1COc2ccccc2O1)c1cccc(F)c1. The molecule has 0 fully saturated rings. The van der Waals surface area contributed by atoms with Crippen LogP contribution in [0.5, 0.6) is 11.5 Å². The van der Waals surface area contributed by atoms with E-state index in [1.165, 1.54) is 6.07 Å². The monoisotopic (exact) mass is 287 g/mol. The Labute approximate surface area is 123 Å². The van der Waals surface area contributed by atoms with Gasteiger partial charge in [-0.2, -0.15) is 0 Å². The average Bonchev–Trinajstić information content (AvgIpc) is 2.52. The van der Waals surface area contributed by atoms with Crippen LogP contribution in [-0.2, 0) is 0 Å². The second kappa shape index (κ2) is 6.14. The van der Waals surface area contributed by atoms with E-state index in [0.29, 0.717) is 13.2 Å². The summed E-state index contributed by atoms with van der Waals surface area (Å²) in [6, 6.07) is 14.3. The van der Waals surface area contributed by atoms with Crippen molar-refractivity contribution in [3.8, 4) is 11.5 Å². The molecule has 0 saturated heterocycles. The average molecular weight is 287 g/mol. The number of para-hydroxylation sites is 2. The van der Waals surface area contributed by atoms with Crippen LogP contribution in [0.15, 0.2) is 48.5 Å². The van der Waals surface area contributed by atoms with Crippen LogP contribution in [0, 0.1) is 5.82 Å². The van der Waals surface area contributed by atoms with Crippen LogP contribution in [0.4, 0.5) is 4.39 Å². The fraction of sp³-hybridized carbons (Fsp3) is 0.294. The Morgan fingerprint density at radius 1 is 1.19 bits per heavy atom. The first-order chi connectivity index (χ1) is 10.2. The predicted molar refractivity (Wildman–Crippen MR) is 79.2 cm³/mol. The zero-order chi connectivity index (χ0) is 14.7. The number of hydrogen-bond donors (Lipinski definition) is 1. The van der Waals surface area contributed by atoms with Crippen molar-refractivity contribution in [1.82, 2.24) is 5.32 Å². The van der Waals surface area contributed by atoms with Crippen LogP contribution in [0.1, 0.15) is 18.5 Å². The molecular weight excluding hydrogens is 269 g/mol. The van der Waals surface area contributed by atoms with Crippen LogP contribution >= 0.6 is 0 Å². The maximum absolute atomic E-state index is 13.2. The number of rotatable bonds is 4. The molecule has 0 saturated carbocycles. The van der Waals surface area contributed by atoms with Crippen molar-refractivity contribution >= 4 is 0 Å².